The van der Waals surface area contributed by atoms with E-state index in [4.69, 9.17) is 0 Å². The van der Waals surface area contributed by atoms with Crippen molar-refractivity contribution in [2.45, 2.75) is 13.5 Å². The summed E-state index contributed by atoms with van der Waals surface area (Å²) in [6.45, 7) is 7.79. The van der Waals surface area contributed by atoms with Crippen molar-refractivity contribution in [2.75, 3.05) is 13.1 Å². The van der Waals surface area contributed by atoms with E-state index >= 15 is 0 Å². The fourth-order valence-corrected chi connectivity index (χ4v) is 1.20. The van der Waals surface area contributed by atoms with Crippen LogP contribution in [0.5, 0.6) is 0 Å². The third-order valence-corrected chi connectivity index (χ3v) is 1.97. The summed E-state index contributed by atoms with van der Waals surface area (Å²) < 4.78 is 1.70. The third-order valence-electron chi connectivity index (χ3n) is 1.97. The van der Waals surface area contributed by atoms with Gasteiger partial charge in [-0.05, 0) is 18.6 Å². The monoisotopic (exact) mass is 192 g/mol. The molecule has 1 rings (SSSR count). The van der Waals surface area contributed by atoms with E-state index in [1.807, 2.05) is 19.2 Å². The zero-order valence-electron chi connectivity index (χ0n) is 8.49. The maximum absolute atomic E-state index is 11.4. The van der Waals surface area contributed by atoms with Crippen LogP contribution in [0.2, 0.25) is 0 Å². The smallest absolute Gasteiger partial charge is 0.250 e. The predicted octanol–water partition coefficient (Wildman–Crippen LogP) is 0.932. The van der Waals surface area contributed by atoms with E-state index in [0.717, 1.165) is 18.7 Å². The van der Waals surface area contributed by atoms with Crippen molar-refractivity contribution in [1.82, 2.24) is 9.88 Å². The fraction of sp³-hybridized carbons (Fsp3) is 0.364. The van der Waals surface area contributed by atoms with Gasteiger partial charge >= 0.3 is 0 Å². The Labute approximate surface area is 84.1 Å². The lowest BCUT2D eigenvalue weighted by Gasteiger charge is -2.05. The van der Waals surface area contributed by atoms with Gasteiger partial charge in [0.25, 0.3) is 5.56 Å². The molecule has 0 aliphatic heterocycles. The maximum Gasteiger partial charge on any atom is 0.250 e. The van der Waals surface area contributed by atoms with Gasteiger partial charge in [0.15, 0.2) is 0 Å². The summed E-state index contributed by atoms with van der Waals surface area (Å²) in [5.74, 6) is 0. The molecule has 3 heteroatoms. The number of rotatable bonds is 5. The summed E-state index contributed by atoms with van der Waals surface area (Å²) in [6.07, 6.45) is 3.63. The Bertz CT molecular complexity index is 355. The topological polar surface area (TPSA) is 34.0 Å². The van der Waals surface area contributed by atoms with Gasteiger partial charge in [0.05, 0.1) is 0 Å². The van der Waals surface area contributed by atoms with Gasteiger partial charge in [0.1, 0.15) is 0 Å². The summed E-state index contributed by atoms with van der Waals surface area (Å²) in [6, 6.07) is 3.59. The van der Waals surface area contributed by atoms with Crippen LogP contribution in [-0.4, -0.2) is 17.7 Å². The highest BCUT2D eigenvalue weighted by Crippen LogP contribution is 1.90. The van der Waals surface area contributed by atoms with Gasteiger partial charge in [-0.25, -0.2) is 0 Å². The molecule has 0 unspecified atom stereocenters. The lowest BCUT2D eigenvalue weighted by Crippen LogP contribution is -2.26. The fourth-order valence-electron chi connectivity index (χ4n) is 1.20. The van der Waals surface area contributed by atoms with Gasteiger partial charge in [-0.3, -0.25) is 4.79 Å². The van der Waals surface area contributed by atoms with Gasteiger partial charge in [-0.1, -0.05) is 6.08 Å². The highest BCUT2D eigenvalue weighted by Gasteiger charge is 1.94. The average Bonchev–Trinajstić information content (AvgIpc) is 2.15. The molecular weight excluding hydrogens is 176 g/mol. The minimum absolute atomic E-state index is 0.0606. The maximum atomic E-state index is 11.4. The van der Waals surface area contributed by atoms with Crippen LogP contribution < -0.4 is 10.9 Å². The molecule has 0 aliphatic carbocycles. The molecule has 0 amide bonds. The van der Waals surface area contributed by atoms with E-state index in [9.17, 15) is 4.79 Å². The quantitative estimate of drug-likeness (QED) is 0.556. The van der Waals surface area contributed by atoms with Gasteiger partial charge in [0.2, 0.25) is 0 Å². The second-order valence-corrected chi connectivity index (χ2v) is 3.23. The van der Waals surface area contributed by atoms with Crippen molar-refractivity contribution in [1.29, 1.82) is 0 Å². The summed E-state index contributed by atoms with van der Waals surface area (Å²) in [7, 11) is 0. The molecular formula is C11H16N2O. The average molecular weight is 192 g/mol. The van der Waals surface area contributed by atoms with Crippen LogP contribution >= 0.6 is 0 Å². The molecule has 76 valence electrons. The Hall–Kier alpha value is -1.35. The van der Waals surface area contributed by atoms with Crippen molar-refractivity contribution < 1.29 is 0 Å². The first kappa shape index (κ1) is 10.7. The minimum atomic E-state index is 0.0606. The van der Waals surface area contributed by atoms with Crippen LogP contribution in [0.25, 0.3) is 0 Å². The number of aromatic nitrogens is 1. The van der Waals surface area contributed by atoms with Crippen LogP contribution in [0.3, 0.4) is 0 Å². The van der Waals surface area contributed by atoms with Crippen LogP contribution in [0, 0.1) is 6.92 Å². The molecule has 14 heavy (non-hydrogen) atoms. The highest BCUT2D eigenvalue weighted by atomic mass is 16.1. The molecule has 0 fully saturated rings. The van der Waals surface area contributed by atoms with E-state index in [0.29, 0.717) is 6.54 Å². The van der Waals surface area contributed by atoms with Gasteiger partial charge in [-0.15, -0.1) is 6.58 Å². The molecule has 0 spiro atoms. The molecule has 0 atom stereocenters. The number of nitrogens with one attached hydrogen (secondary N) is 1. The van der Waals surface area contributed by atoms with Crippen molar-refractivity contribution in [2.24, 2.45) is 0 Å². The third kappa shape index (κ3) is 3.18. The van der Waals surface area contributed by atoms with Gasteiger partial charge in [-0.2, -0.15) is 0 Å². The molecule has 0 radical (unpaired) electrons. The van der Waals surface area contributed by atoms with Crippen molar-refractivity contribution >= 4 is 0 Å². The molecule has 0 aliphatic rings. The van der Waals surface area contributed by atoms with E-state index in [1.165, 1.54) is 0 Å². The lowest BCUT2D eigenvalue weighted by atomic mass is 10.3. The summed E-state index contributed by atoms with van der Waals surface area (Å²) >= 11 is 0. The van der Waals surface area contributed by atoms with Crippen LogP contribution in [0.4, 0.5) is 0 Å². The van der Waals surface area contributed by atoms with Crippen molar-refractivity contribution in [3.8, 4) is 0 Å². The largest absolute Gasteiger partial charge is 0.314 e. The first-order chi connectivity index (χ1) is 6.74. The van der Waals surface area contributed by atoms with Crippen LogP contribution in [0.1, 0.15) is 5.56 Å². The zero-order chi connectivity index (χ0) is 10.4. The van der Waals surface area contributed by atoms with Crippen molar-refractivity contribution in [3.63, 3.8) is 0 Å². The minimum Gasteiger partial charge on any atom is -0.314 e. The van der Waals surface area contributed by atoms with E-state index < -0.39 is 0 Å². The number of hydrogen-bond donors (Lipinski definition) is 1. The normalized spacial score (nSPS) is 10.1. The Morgan fingerprint density at radius 1 is 1.64 bits per heavy atom. The van der Waals surface area contributed by atoms with Crippen molar-refractivity contribution in [3.05, 3.63) is 46.9 Å². The molecule has 1 heterocycles. The van der Waals surface area contributed by atoms with Crippen LogP contribution in [0.15, 0.2) is 35.8 Å². The molecule has 1 aromatic heterocycles. The Balaban J connectivity index is 2.51. The number of hydrogen-bond acceptors (Lipinski definition) is 2. The Kier molecular flexibility index (Phi) is 4.13. The van der Waals surface area contributed by atoms with Gasteiger partial charge in [0, 0.05) is 31.9 Å². The Morgan fingerprint density at radius 2 is 2.43 bits per heavy atom. The molecule has 0 saturated heterocycles. The second kappa shape index (κ2) is 5.40. The first-order valence-electron chi connectivity index (χ1n) is 4.73. The SMILES string of the molecule is C=CCNCCn1ccc(C)cc1=O. The first-order valence-corrected chi connectivity index (χ1v) is 4.73. The molecule has 0 bridgehead atoms. The molecule has 1 aromatic rings. The molecule has 0 aromatic carbocycles. The van der Waals surface area contributed by atoms with E-state index in [1.54, 1.807) is 16.7 Å². The molecule has 1 N–H and O–H groups in total. The van der Waals surface area contributed by atoms with Crippen LogP contribution in [-0.2, 0) is 6.54 Å². The molecule has 3 nitrogen and oxygen atoms in total. The summed E-state index contributed by atoms with van der Waals surface area (Å²) in [5, 5.41) is 3.15. The Morgan fingerprint density at radius 3 is 3.07 bits per heavy atom. The number of pyridine rings is 1. The standard InChI is InChI=1S/C11H16N2O/c1-3-5-12-6-8-13-7-4-10(2)9-11(13)14/h3-4,7,9,12H,1,5-6,8H2,2H3. The number of aryl methyl sites for hydroxylation is 1. The van der Waals surface area contributed by atoms with Gasteiger partial charge < -0.3 is 9.88 Å². The van der Waals surface area contributed by atoms with E-state index in [-0.39, 0.29) is 5.56 Å². The lowest BCUT2D eigenvalue weighted by molar-refractivity contribution is 0.609. The number of nitrogens with zero attached hydrogens (tertiary/aromatic N) is 1. The predicted molar refractivity (Wildman–Crippen MR) is 58.5 cm³/mol. The van der Waals surface area contributed by atoms with E-state index in [2.05, 4.69) is 11.9 Å². The summed E-state index contributed by atoms with van der Waals surface area (Å²) in [5.41, 5.74) is 1.07. The second-order valence-electron chi connectivity index (χ2n) is 3.23. The highest BCUT2D eigenvalue weighted by molar-refractivity contribution is 5.07. The zero-order valence-corrected chi connectivity index (χ0v) is 8.49. The molecule has 0 saturated carbocycles. The summed E-state index contributed by atoms with van der Waals surface area (Å²) in [4.78, 5) is 11.4.